The predicted molar refractivity (Wildman–Crippen MR) is 71.2 cm³/mol. The summed E-state index contributed by atoms with van der Waals surface area (Å²) in [5, 5.41) is 8.97. The zero-order valence-electron chi connectivity index (χ0n) is 11.0. The molecule has 2 aromatic heterocycles. The maximum Gasteiger partial charge on any atom is 0.157 e. The van der Waals surface area contributed by atoms with Crippen molar-refractivity contribution in [2.75, 3.05) is 5.32 Å². The van der Waals surface area contributed by atoms with E-state index in [1.165, 1.54) is 12.8 Å². The van der Waals surface area contributed by atoms with E-state index in [4.69, 9.17) is 0 Å². The second kappa shape index (κ2) is 4.73. The van der Waals surface area contributed by atoms with E-state index < -0.39 is 0 Å². The summed E-state index contributed by atoms with van der Waals surface area (Å²) in [5.74, 6) is 0. The number of pyridine rings is 1. The Hall–Kier alpha value is -1.58. The van der Waals surface area contributed by atoms with Gasteiger partial charge in [-0.1, -0.05) is 13.3 Å². The molecule has 4 nitrogen and oxygen atoms in total. The summed E-state index contributed by atoms with van der Waals surface area (Å²) in [4.78, 5) is 4.45. The summed E-state index contributed by atoms with van der Waals surface area (Å²) in [6.45, 7) is 6.41. The summed E-state index contributed by atoms with van der Waals surface area (Å²) < 4.78 is 1.82. The number of aryl methyl sites for hydroxylation is 2. The highest BCUT2D eigenvalue weighted by Gasteiger charge is 2.08. The Labute approximate surface area is 102 Å². The first kappa shape index (κ1) is 11.9. The Morgan fingerprint density at radius 2 is 2.24 bits per heavy atom. The molecule has 0 radical (unpaired) electrons. The Morgan fingerprint density at radius 3 is 2.94 bits per heavy atom. The number of hydrogen-bond acceptors (Lipinski definition) is 3. The monoisotopic (exact) mass is 232 g/mol. The predicted octanol–water partition coefficient (Wildman–Crippen LogP) is 2.88. The minimum Gasteiger partial charge on any atom is -0.381 e. The summed E-state index contributed by atoms with van der Waals surface area (Å²) in [7, 11) is 1.93. The number of anilines is 1. The van der Waals surface area contributed by atoms with Crippen molar-refractivity contribution in [1.82, 2.24) is 14.8 Å². The second-order valence-corrected chi connectivity index (χ2v) is 4.64. The van der Waals surface area contributed by atoms with Crippen LogP contribution in [0.15, 0.2) is 12.3 Å². The summed E-state index contributed by atoms with van der Waals surface area (Å²) in [5.41, 5.74) is 3.05. The molecule has 2 heterocycles. The van der Waals surface area contributed by atoms with Gasteiger partial charge in [0.1, 0.15) is 0 Å². The third-order valence-corrected chi connectivity index (χ3v) is 3.00. The number of aromatic nitrogens is 3. The number of fused-ring (bicyclic) bond motifs is 1. The van der Waals surface area contributed by atoms with Gasteiger partial charge in [0.25, 0.3) is 0 Å². The van der Waals surface area contributed by atoms with Gasteiger partial charge in [0, 0.05) is 18.5 Å². The van der Waals surface area contributed by atoms with Gasteiger partial charge in [0.15, 0.2) is 5.65 Å². The normalized spacial score (nSPS) is 12.9. The highest BCUT2D eigenvalue weighted by Crippen LogP contribution is 2.20. The fourth-order valence-corrected chi connectivity index (χ4v) is 2.18. The van der Waals surface area contributed by atoms with Crippen LogP contribution in [0.2, 0.25) is 0 Å². The maximum atomic E-state index is 4.45. The van der Waals surface area contributed by atoms with Gasteiger partial charge < -0.3 is 5.32 Å². The van der Waals surface area contributed by atoms with Gasteiger partial charge in [-0.3, -0.25) is 4.68 Å². The molecular formula is C13H20N4. The minimum absolute atomic E-state index is 0.483. The van der Waals surface area contributed by atoms with Gasteiger partial charge in [-0.25, -0.2) is 4.98 Å². The molecule has 0 unspecified atom stereocenters. The van der Waals surface area contributed by atoms with Gasteiger partial charge in [0.2, 0.25) is 0 Å². The van der Waals surface area contributed by atoms with Crippen LogP contribution >= 0.6 is 0 Å². The van der Waals surface area contributed by atoms with Crippen molar-refractivity contribution in [3.8, 4) is 0 Å². The zero-order valence-corrected chi connectivity index (χ0v) is 11.0. The lowest BCUT2D eigenvalue weighted by Crippen LogP contribution is -2.14. The van der Waals surface area contributed by atoms with Crippen LogP contribution in [0.25, 0.3) is 11.0 Å². The van der Waals surface area contributed by atoms with Gasteiger partial charge >= 0.3 is 0 Å². The Kier molecular flexibility index (Phi) is 3.31. The number of hydrogen-bond donors (Lipinski definition) is 1. The average Bonchev–Trinajstić information content (AvgIpc) is 2.55. The van der Waals surface area contributed by atoms with Crippen LogP contribution in [-0.2, 0) is 7.05 Å². The SMILES string of the molecule is CCC[C@H](C)Nc1cnc2c(c1)c(C)nn2C. The molecule has 1 atom stereocenters. The molecule has 0 aliphatic heterocycles. The van der Waals surface area contributed by atoms with Gasteiger partial charge in [0.05, 0.1) is 17.6 Å². The molecule has 0 saturated carbocycles. The highest BCUT2D eigenvalue weighted by molar-refractivity contribution is 5.81. The van der Waals surface area contributed by atoms with Crippen LogP contribution in [0, 0.1) is 6.92 Å². The van der Waals surface area contributed by atoms with E-state index in [1.807, 2.05) is 24.9 Å². The fourth-order valence-electron chi connectivity index (χ4n) is 2.18. The van der Waals surface area contributed by atoms with Crippen molar-refractivity contribution in [2.24, 2.45) is 7.05 Å². The minimum atomic E-state index is 0.483. The van der Waals surface area contributed by atoms with Crippen LogP contribution in [0.3, 0.4) is 0 Å². The van der Waals surface area contributed by atoms with E-state index in [1.54, 1.807) is 0 Å². The lowest BCUT2D eigenvalue weighted by atomic mass is 10.2. The zero-order chi connectivity index (χ0) is 12.4. The van der Waals surface area contributed by atoms with Gasteiger partial charge in [-0.2, -0.15) is 5.10 Å². The standard InChI is InChI=1S/C13H20N4/c1-5-6-9(2)15-11-7-12-10(3)16-17(4)13(12)14-8-11/h7-9,15H,5-6H2,1-4H3/t9-/m0/s1. The van der Waals surface area contributed by atoms with Crippen LogP contribution < -0.4 is 5.32 Å². The Morgan fingerprint density at radius 1 is 1.47 bits per heavy atom. The van der Waals surface area contributed by atoms with Crippen molar-refractivity contribution in [1.29, 1.82) is 0 Å². The summed E-state index contributed by atoms with van der Waals surface area (Å²) in [6.07, 6.45) is 4.25. The van der Waals surface area contributed by atoms with E-state index in [0.717, 1.165) is 22.4 Å². The van der Waals surface area contributed by atoms with Crippen LogP contribution in [0.5, 0.6) is 0 Å². The quantitative estimate of drug-likeness (QED) is 0.881. The lowest BCUT2D eigenvalue weighted by molar-refractivity contribution is 0.690. The molecule has 0 saturated heterocycles. The maximum absolute atomic E-state index is 4.45. The van der Waals surface area contributed by atoms with E-state index >= 15 is 0 Å². The average molecular weight is 232 g/mol. The molecule has 1 N–H and O–H groups in total. The lowest BCUT2D eigenvalue weighted by Gasteiger charge is -2.13. The molecule has 0 bridgehead atoms. The highest BCUT2D eigenvalue weighted by atomic mass is 15.3. The Bertz CT molecular complexity index is 515. The van der Waals surface area contributed by atoms with Crippen molar-refractivity contribution >= 4 is 16.7 Å². The van der Waals surface area contributed by atoms with Crippen molar-refractivity contribution < 1.29 is 0 Å². The smallest absolute Gasteiger partial charge is 0.157 e. The van der Waals surface area contributed by atoms with Crippen LogP contribution in [0.4, 0.5) is 5.69 Å². The first-order chi connectivity index (χ1) is 8.11. The first-order valence-electron chi connectivity index (χ1n) is 6.17. The van der Waals surface area contributed by atoms with E-state index in [2.05, 4.69) is 35.3 Å². The molecule has 0 aromatic carbocycles. The van der Waals surface area contributed by atoms with E-state index in [9.17, 15) is 0 Å². The third-order valence-electron chi connectivity index (χ3n) is 3.00. The molecule has 0 amide bonds. The second-order valence-electron chi connectivity index (χ2n) is 4.64. The molecule has 0 spiro atoms. The molecule has 0 aliphatic carbocycles. The van der Waals surface area contributed by atoms with Crippen molar-refractivity contribution in [2.45, 2.75) is 39.7 Å². The fraction of sp³-hybridized carbons (Fsp3) is 0.538. The largest absolute Gasteiger partial charge is 0.381 e. The van der Waals surface area contributed by atoms with Crippen molar-refractivity contribution in [3.05, 3.63) is 18.0 Å². The molecule has 0 aliphatic rings. The molecule has 17 heavy (non-hydrogen) atoms. The molecule has 2 rings (SSSR count). The topological polar surface area (TPSA) is 42.7 Å². The van der Waals surface area contributed by atoms with E-state index in [0.29, 0.717) is 6.04 Å². The van der Waals surface area contributed by atoms with Gasteiger partial charge in [-0.05, 0) is 26.3 Å². The van der Waals surface area contributed by atoms with Gasteiger partial charge in [-0.15, -0.1) is 0 Å². The van der Waals surface area contributed by atoms with E-state index in [-0.39, 0.29) is 0 Å². The molecule has 4 heteroatoms. The van der Waals surface area contributed by atoms with Crippen LogP contribution in [0.1, 0.15) is 32.4 Å². The summed E-state index contributed by atoms with van der Waals surface area (Å²) >= 11 is 0. The molecule has 0 fully saturated rings. The Balaban J connectivity index is 2.28. The first-order valence-corrected chi connectivity index (χ1v) is 6.17. The molecular weight excluding hydrogens is 212 g/mol. The number of nitrogens with zero attached hydrogens (tertiary/aromatic N) is 3. The summed E-state index contributed by atoms with van der Waals surface area (Å²) in [6, 6.07) is 2.62. The molecule has 2 aromatic rings. The number of nitrogens with one attached hydrogen (secondary N) is 1. The number of rotatable bonds is 4. The van der Waals surface area contributed by atoms with Crippen molar-refractivity contribution in [3.63, 3.8) is 0 Å². The molecule has 92 valence electrons. The third kappa shape index (κ3) is 2.40. The van der Waals surface area contributed by atoms with Crippen LogP contribution in [-0.4, -0.2) is 20.8 Å².